The molecule has 0 saturated heterocycles. The van der Waals surface area contributed by atoms with Crippen molar-refractivity contribution in [3.63, 3.8) is 0 Å². The lowest BCUT2D eigenvalue weighted by Gasteiger charge is -2.13. The van der Waals surface area contributed by atoms with Gasteiger partial charge < -0.3 is 4.42 Å². The van der Waals surface area contributed by atoms with Gasteiger partial charge in [0.2, 0.25) is 0 Å². The minimum atomic E-state index is -0.230. The number of nitrogens with one attached hydrogen (secondary N) is 1. The number of hydrogen-bond acceptors (Lipinski definition) is 4. The average molecular weight is 321 g/mol. The Labute approximate surface area is 118 Å². The van der Waals surface area contributed by atoms with Crippen molar-refractivity contribution in [1.82, 2.24) is 15.2 Å². The van der Waals surface area contributed by atoms with Crippen LogP contribution in [0.4, 0.5) is 0 Å². The van der Waals surface area contributed by atoms with E-state index < -0.39 is 0 Å². The molecule has 2 aromatic heterocycles. The largest absolute Gasteiger partial charge is 0.458 e. The maximum absolute atomic E-state index is 5.90. The number of hydrogen-bond donors (Lipinski definition) is 2. The fraction of sp³-hybridized carbons (Fsp3) is 0.154. The van der Waals surface area contributed by atoms with Crippen LogP contribution < -0.4 is 11.3 Å². The summed E-state index contributed by atoms with van der Waals surface area (Å²) in [6, 6.07) is 9.59. The molecule has 0 saturated carbocycles. The fourth-order valence-electron chi connectivity index (χ4n) is 2.17. The molecule has 5 nitrogen and oxygen atoms in total. The van der Waals surface area contributed by atoms with Gasteiger partial charge in [-0.05, 0) is 34.1 Å². The molecular formula is C13H13BrN4O. The van der Waals surface area contributed by atoms with Crippen molar-refractivity contribution in [2.24, 2.45) is 12.9 Å². The topological polar surface area (TPSA) is 69.0 Å². The summed E-state index contributed by atoms with van der Waals surface area (Å²) in [4.78, 5) is 0. The highest BCUT2D eigenvalue weighted by Crippen LogP contribution is 2.31. The number of halogens is 1. The first-order valence-electron chi connectivity index (χ1n) is 5.82. The summed E-state index contributed by atoms with van der Waals surface area (Å²) in [5.41, 5.74) is 4.53. The maximum Gasteiger partial charge on any atom is 0.148 e. The summed E-state index contributed by atoms with van der Waals surface area (Å²) in [5, 5.41) is 5.19. The van der Waals surface area contributed by atoms with E-state index in [0.717, 1.165) is 26.9 Å². The number of nitrogens with zero attached hydrogens (tertiary/aromatic N) is 2. The molecule has 0 aliphatic rings. The summed E-state index contributed by atoms with van der Waals surface area (Å²) < 4.78 is 8.60. The van der Waals surface area contributed by atoms with Gasteiger partial charge in [-0.15, -0.1) is 0 Å². The second kappa shape index (κ2) is 4.80. The van der Waals surface area contributed by atoms with Crippen LogP contribution in [-0.2, 0) is 7.05 Å². The summed E-state index contributed by atoms with van der Waals surface area (Å²) >= 11 is 3.48. The van der Waals surface area contributed by atoms with E-state index in [1.807, 2.05) is 37.4 Å². The van der Waals surface area contributed by atoms with Crippen LogP contribution in [0.15, 0.2) is 45.4 Å². The van der Waals surface area contributed by atoms with Gasteiger partial charge in [-0.25, -0.2) is 5.43 Å². The zero-order chi connectivity index (χ0) is 13.4. The Hall–Kier alpha value is -1.63. The molecule has 98 valence electrons. The van der Waals surface area contributed by atoms with Crippen molar-refractivity contribution < 1.29 is 4.42 Å². The van der Waals surface area contributed by atoms with Crippen LogP contribution in [0.25, 0.3) is 11.0 Å². The molecule has 0 spiro atoms. The molecule has 0 aliphatic heterocycles. The summed E-state index contributed by atoms with van der Waals surface area (Å²) in [7, 11) is 1.87. The number of fused-ring (bicyclic) bond motifs is 1. The second-order valence-electron chi connectivity index (χ2n) is 4.29. The van der Waals surface area contributed by atoms with Crippen LogP contribution in [0.5, 0.6) is 0 Å². The van der Waals surface area contributed by atoms with Gasteiger partial charge >= 0.3 is 0 Å². The number of aromatic nitrogens is 2. The van der Waals surface area contributed by atoms with E-state index in [-0.39, 0.29) is 6.04 Å². The van der Waals surface area contributed by atoms with E-state index in [1.165, 1.54) is 0 Å². The molecule has 3 aromatic rings. The lowest BCUT2D eigenvalue weighted by Crippen LogP contribution is -2.30. The van der Waals surface area contributed by atoms with Gasteiger partial charge in [0.15, 0.2) is 0 Å². The first-order chi connectivity index (χ1) is 9.20. The number of aryl methyl sites for hydroxylation is 1. The number of para-hydroxylation sites is 1. The number of furan rings is 1. The quantitative estimate of drug-likeness (QED) is 0.574. The van der Waals surface area contributed by atoms with Crippen molar-refractivity contribution in [2.75, 3.05) is 0 Å². The van der Waals surface area contributed by atoms with Gasteiger partial charge in [-0.3, -0.25) is 10.5 Å². The van der Waals surface area contributed by atoms with E-state index in [0.29, 0.717) is 0 Å². The van der Waals surface area contributed by atoms with E-state index in [2.05, 4.69) is 26.5 Å². The number of nitrogens with two attached hydrogens (primary N) is 1. The SMILES string of the molecule is Cn1nccc1C(NN)c1cc2cccc(Br)c2o1. The smallest absolute Gasteiger partial charge is 0.148 e. The zero-order valence-corrected chi connectivity index (χ0v) is 11.9. The Morgan fingerprint density at radius 2 is 2.26 bits per heavy atom. The number of benzene rings is 1. The maximum atomic E-state index is 5.90. The minimum absolute atomic E-state index is 0.230. The van der Waals surface area contributed by atoms with Gasteiger partial charge in [0.05, 0.1) is 10.2 Å². The van der Waals surface area contributed by atoms with Crippen LogP contribution >= 0.6 is 15.9 Å². The van der Waals surface area contributed by atoms with E-state index in [9.17, 15) is 0 Å². The van der Waals surface area contributed by atoms with Gasteiger partial charge in [0.25, 0.3) is 0 Å². The molecule has 0 amide bonds. The Bertz CT molecular complexity index is 718. The van der Waals surface area contributed by atoms with Crippen LogP contribution in [-0.4, -0.2) is 9.78 Å². The summed E-state index contributed by atoms with van der Waals surface area (Å²) in [6.07, 6.45) is 1.73. The minimum Gasteiger partial charge on any atom is -0.458 e. The van der Waals surface area contributed by atoms with Gasteiger partial charge in [0, 0.05) is 18.6 Å². The molecule has 0 radical (unpaired) electrons. The summed E-state index contributed by atoms with van der Waals surface area (Å²) in [5.74, 6) is 6.42. The zero-order valence-electron chi connectivity index (χ0n) is 10.3. The Morgan fingerprint density at radius 3 is 2.89 bits per heavy atom. The molecule has 1 atom stereocenters. The Morgan fingerprint density at radius 1 is 1.42 bits per heavy atom. The van der Waals surface area contributed by atoms with E-state index >= 15 is 0 Å². The van der Waals surface area contributed by atoms with E-state index in [1.54, 1.807) is 10.9 Å². The van der Waals surface area contributed by atoms with Crippen molar-refractivity contribution in [3.05, 3.63) is 52.5 Å². The molecule has 0 fully saturated rings. The van der Waals surface area contributed by atoms with Crippen LogP contribution in [0, 0.1) is 0 Å². The van der Waals surface area contributed by atoms with Crippen LogP contribution in [0.1, 0.15) is 17.5 Å². The molecule has 19 heavy (non-hydrogen) atoms. The monoisotopic (exact) mass is 320 g/mol. The Kier molecular flexibility index (Phi) is 3.14. The third kappa shape index (κ3) is 2.07. The first-order valence-corrected chi connectivity index (χ1v) is 6.62. The fourth-order valence-corrected chi connectivity index (χ4v) is 2.63. The Balaban J connectivity index is 2.12. The molecule has 1 unspecified atom stereocenters. The highest BCUT2D eigenvalue weighted by molar-refractivity contribution is 9.10. The predicted octanol–water partition coefficient (Wildman–Crippen LogP) is 2.48. The lowest BCUT2D eigenvalue weighted by atomic mass is 10.1. The second-order valence-corrected chi connectivity index (χ2v) is 5.14. The molecule has 2 heterocycles. The number of rotatable bonds is 3. The first kappa shape index (κ1) is 12.4. The highest BCUT2D eigenvalue weighted by Gasteiger charge is 2.20. The van der Waals surface area contributed by atoms with Crippen molar-refractivity contribution >= 4 is 26.9 Å². The molecule has 0 bridgehead atoms. The summed E-state index contributed by atoms with van der Waals surface area (Å²) in [6.45, 7) is 0. The number of hydrazine groups is 1. The average Bonchev–Trinajstić information content (AvgIpc) is 2.99. The third-order valence-electron chi connectivity index (χ3n) is 3.12. The van der Waals surface area contributed by atoms with E-state index in [4.69, 9.17) is 10.3 Å². The van der Waals surface area contributed by atoms with Crippen LogP contribution in [0.3, 0.4) is 0 Å². The predicted molar refractivity (Wildman–Crippen MR) is 76.3 cm³/mol. The van der Waals surface area contributed by atoms with Gasteiger partial charge in [-0.1, -0.05) is 12.1 Å². The molecule has 6 heteroatoms. The van der Waals surface area contributed by atoms with Crippen molar-refractivity contribution in [2.45, 2.75) is 6.04 Å². The molecule has 0 aliphatic carbocycles. The lowest BCUT2D eigenvalue weighted by molar-refractivity contribution is 0.458. The highest BCUT2D eigenvalue weighted by atomic mass is 79.9. The third-order valence-corrected chi connectivity index (χ3v) is 3.75. The molecule has 1 aromatic carbocycles. The van der Waals surface area contributed by atoms with Crippen molar-refractivity contribution in [3.8, 4) is 0 Å². The molecule has 3 N–H and O–H groups in total. The van der Waals surface area contributed by atoms with Gasteiger partial charge in [0.1, 0.15) is 17.4 Å². The normalized spacial score (nSPS) is 13.0. The van der Waals surface area contributed by atoms with Crippen molar-refractivity contribution in [1.29, 1.82) is 0 Å². The molecule has 3 rings (SSSR count). The standard InChI is InChI=1S/C13H13BrN4O/c1-18-10(5-6-16-18)12(17-15)11-7-8-3-2-4-9(14)13(8)19-11/h2-7,12,17H,15H2,1H3. The van der Waals surface area contributed by atoms with Crippen LogP contribution in [0.2, 0.25) is 0 Å². The molecular weight excluding hydrogens is 308 g/mol. The van der Waals surface area contributed by atoms with Gasteiger partial charge in [-0.2, -0.15) is 5.10 Å².